The maximum atomic E-state index is 12.4. The Bertz CT molecular complexity index is 697. The second-order valence-electron chi connectivity index (χ2n) is 8.10. The molecule has 2 aliphatic heterocycles. The molecule has 1 aromatic rings. The number of aromatic nitrogens is 1. The van der Waals surface area contributed by atoms with Gasteiger partial charge < -0.3 is 16.0 Å². The Morgan fingerprint density at radius 1 is 1.11 bits per heavy atom. The second kappa shape index (κ2) is 7.84. The second-order valence-corrected chi connectivity index (χ2v) is 8.10. The Morgan fingerprint density at radius 2 is 1.89 bits per heavy atom. The lowest BCUT2D eigenvalue weighted by Gasteiger charge is -2.42. The summed E-state index contributed by atoms with van der Waals surface area (Å²) < 4.78 is 0. The van der Waals surface area contributed by atoms with Crippen molar-refractivity contribution in [2.45, 2.75) is 50.6 Å². The minimum absolute atomic E-state index is 0.145. The summed E-state index contributed by atoms with van der Waals surface area (Å²) >= 11 is 0. The molecule has 1 aliphatic carbocycles. The van der Waals surface area contributed by atoms with E-state index >= 15 is 0 Å². The summed E-state index contributed by atoms with van der Waals surface area (Å²) in [4.78, 5) is 32.9. The maximum absolute atomic E-state index is 12.4. The molecule has 1 aromatic heterocycles. The van der Waals surface area contributed by atoms with Crippen LogP contribution in [0.1, 0.15) is 48.9 Å². The molecule has 3 aliphatic rings. The van der Waals surface area contributed by atoms with E-state index in [1.54, 1.807) is 18.3 Å². The molecule has 7 nitrogen and oxygen atoms in total. The smallest absolute Gasteiger partial charge is 0.248 e. The number of hydrogen-bond acceptors (Lipinski definition) is 5. The van der Waals surface area contributed by atoms with Crippen LogP contribution < -0.4 is 16.0 Å². The normalized spacial score (nSPS) is 24.6. The van der Waals surface area contributed by atoms with Crippen LogP contribution in [-0.2, 0) is 4.79 Å². The number of primary amides is 1. The molecule has 1 atom stereocenters. The van der Waals surface area contributed by atoms with Crippen molar-refractivity contribution in [3.05, 3.63) is 23.9 Å². The van der Waals surface area contributed by atoms with E-state index in [2.05, 4.69) is 20.1 Å². The van der Waals surface area contributed by atoms with Crippen LogP contribution in [0, 0.1) is 5.92 Å². The van der Waals surface area contributed by atoms with Gasteiger partial charge in [-0.25, -0.2) is 4.98 Å². The Hall–Kier alpha value is -2.15. The molecule has 1 saturated carbocycles. The topological polar surface area (TPSA) is 91.6 Å². The van der Waals surface area contributed by atoms with E-state index in [9.17, 15) is 9.59 Å². The van der Waals surface area contributed by atoms with Crippen LogP contribution in [0.5, 0.6) is 0 Å². The quantitative estimate of drug-likeness (QED) is 0.810. The number of pyridine rings is 1. The summed E-state index contributed by atoms with van der Waals surface area (Å²) in [6, 6.07) is 4.40. The van der Waals surface area contributed by atoms with Gasteiger partial charge in [0.25, 0.3) is 0 Å². The molecule has 27 heavy (non-hydrogen) atoms. The summed E-state index contributed by atoms with van der Waals surface area (Å²) in [5, 5.41) is 3.17. The fourth-order valence-corrected chi connectivity index (χ4v) is 4.30. The molecule has 0 radical (unpaired) electrons. The van der Waals surface area contributed by atoms with Crippen molar-refractivity contribution in [1.29, 1.82) is 0 Å². The standard InChI is InChI=1S/C20H29N5O2/c21-19(26)14-5-8-22-18(12-14)24-10-6-17(7-11-24)25-9-1-2-15(13-25)20(27)23-16-3-4-16/h5,8,12,15-17H,1-4,6-7,9-11,13H2,(H2,21,26)(H,23,27)/t15-/m1/s1. The summed E-state index contributed by atoms with van der Waals surface area (Å²) in [6.45, 7) is 3.80. The zero-order valence-electron chi connectivity index (χ0n) is 15.8. The minimum atomic E-state index is -0.419. The third-order valence-corrected chi connectivity index (χ3v) is 6.08. The van der Waals surface area contributed by atoms with E-state index in [0.717, 1.165) is 70.5 Å². The summed E-state index contributed by atoms with van der Waals surface area (Å²) in [6.07, 6.45) is 8.16. The molecular formula is C20H29N5O2. The molecule has 3 heterocycles. The predicted molar refractivity (Wildman–Crippen MR) is 103 cm³/mol. The molecule has 4 rings (SSSR count). The van der Waals surface area contributed by atoms with E-state index in [1.807, 2.05) is 0 Å². The summed E-state index contributed by atoms with van der Waals surface area (Å²) in [5.41, 5.74) is 5.88. The highest BCUT2D eigenvalue weighted by Crippen LogP contribution is 2.27. The largest absolute Gasteiger partial charge is 0.366 e. The molecule has 3 N–H and O–H groups in total. The molecule has 2 amide bonds. The molecule has 7 heteroatoms. The first-order chi connectivity index (χ1) is 13.1. The first-order valence-corrected chi connectivity index (χ1v) is 10.2. The van der Waals surface area contributed by atoms with Gasteiger partial charge in [0, 0.05) is 43.5 Å². The van der Waals surface area contributed by atoms with E-state index in [4.69, 9.17) is 5.73 Å². The van der Waals surface area contributed by atoms with Crippen LogP contribution in [0.3, 0.4) is 0 Å². The number of carbonyl (C=O) groups is 2. The lowest BCUT2D eigenvalue weighted by molar-refractivity contribution is -0.127. The van der Waals surface area contributed by atoms with Gasteiger partial charge in [-0.15, -0.1) is 0 Å². The van der Waals surface area contributed by atoms with Crippen molar-refractivity contribution < 1.29 is 9.59 Å². The number of anilines is 1. The number of carbonyl (C=O) groups excluding carboxylic acids is 2. The number of hydrogen-bond donors (Lipinski definition) is 2. The SMILES string of the molecule is NC(=O)c1ccnc(N2CCC(N3CCC[C@@H](C(=O)NC4CC4)C3)CC2)c1. The fourth-order valence-electron chi connectivity index (χ4n) is 4.30. The van der Waals surface area contributed by atoms with E-state index < -0.39 is 5.91 Å². The molecule has 146 valence electrons. The van der Waals surface area contributed by atoms with Gasteiger partial charge in [-0.3, -0.25) is 14.5 Å². The van der Waals surface area contributed by atoms with E-state index in [-0.39, 0.29) is 11.8 Å². The molecule has 0 aromatic carbocycles. The highest BCUT2D eigenvalue weighted by atomic mass is 16.2. The Balaban J connectivity index is 1.31. The van der Waals surface area contributed by atoms with Gasteiger partial charge in [0.2, 0.25) is 11.8 Å². The van der Waals surface area contributed by atoms with Gasteiger partial charge in [0.05, 0.1) is 5.92 Å². The maximum Gasteiger partial charge on any atom is 0.248 e. The molecule has 0 bridgehead atoms. The van der Waals surface area contributed by atoms with Crippen LogP contribution >= 0.6 is 0 Å². The van der Waals surface area contributed by atoms with Crippen molar-refractivity contribution in [2.24, 2.45) is 11.7 Å². The molecule has 3 fully saturated rings. The first kappa shape index (κ1) is 18.2. The average Bonchev–Trinajstić information content (AvgIpc) is 3.52. The number of likely N-dealkylation sites (tertiary alicyclic amines) is 1. The van der Waals surface area contributed by atoms with Gasteiger partial charge in [-0.05, 0) is 57.2 Å². The van der Waals surface area contributed by atoms with Crippen molar-refractivity contribution >= 4 is 17.6 Å². The number of rotatable bonds is 5. The van der Waals surface area contributed by atoms with Crippen molar-refractivity contribution in [3.8, 4) is 0 Å². The van der Waals surface area contributed by atoms with E-state index in [0.29, 0.717) is 17.6 Å². The minimum Gasteiger partial charge on any atom is -0.366 e. The van der Waals surface area contributed by atoms with Crippen LogP contribution in [-0.4, -0.2) is 60.0 Å². The number of nitrogens with one attached hydrogen (secondary N) is 1. The average molecular weight is 371 g/mol. The zero-order valence-corrected chi connectivity index (χ0v) is 15.8. The zero-order chi connectivity index (χ0) is 18.8. The van der Waals surface area contributed by atoms with Crippen LogP contribution in [0.4, 0.5) is 5.82 Å². The molecule has 0 unspecified atom stereocenters. The van der Waals surface area contributed by atoms with Crippen LogP contribution in [0.15, 0.2) is 18.3 Å². The monoisotopic (exact) mass is 371 g/mol. The Kier molecular flexibility index (Phi) is 5.29. The third-order valence-electron chi connectivity index (χ3n) is 6.08. The van der Waals surface area contributed by atoms with Crippen LogP contribution in [0.25, 0.3) is 0 Å². The van der Waals surface area contributed by atoms with E-state index in [1.165, 1.54) is 0 Å². The van der Waals surface area contributed by atoms with Gasteiger partial charge in [0.15, 0.2) is 0 Å². The molecule has 0 spiro atoms. The highest BCUT2D eigenvalue weighted by Gasteiger charge is 2.33. The number of piperidine rings is 2. The summed E-state index contributed by atoms with van der Waals surface area (Å²) in [7, 11) is 0. The Morgan fingerprint density at radius 3 is 2.59 bits per heavy atom. The van der Waals surface area contributed by atoms with Crippen molar-refractivity contribution in [2.75, 3.05) is 31.1 Å². The Labute approximate surface area is 160 Å². The lowest BCUT2D eigenvalue weighted by Crippen LogP contribution is -2.51. The van der Waals surface area contributed by atoms with Crippen molar-refractivity contribution in [3.63, 3.8) is 0 Å². The van der Waals surface area contributed by atoms with Crippen LogP contribution in [0.2, 0.25) is 0 Å². The third kappa shape index (κ3) is 4.40. The highest BCUT2D eigenvalue weighted by molar-refractivity contribution is 5.93. The predicted octanol–water partition coefficient (Wildman–Crippen LogP) is 1.14. The molecule has 2 saturated heterocycles. The van der Waals surface area contributed by atoms with Gasteiger partial charge >= 0.3 is 0 Å². The number of nitrogens with zero attached hydrogens (tertiary/aromatic N) is 3. The van der Waals surface area contributed by atoms with Gasteiger partial charge in [-0.1, -0.05) is 0 Å². The van der Waals surface area contributed by atoms with Crippen molar-refractivity contribution in [1.82, 2.24) is 15.2 Å². The first-order valence-electron chi connectivity index (χ1n) is 10.2. The number of amides is 2. The summed E-state index contributed by atoms with van der Waals surface area (Å²) in [5.74, 6) is 0.806. The molecular weight excluding hydrogens is 342 g/mol. The van der Waals surface area contributed by atoms with Gasteiger partial charge in [0.1, 0.15) is 5.82 Å². The van der Waals surface area contributed by atoms with Gasteiger partial charge in [-0.2, -0.15) is 0 Å². The lowest BCUT2D eigenvalue weighted by atomic mass is 9.93. The number of nitrogens with two attached hydrogens (primary N) is 1. The fraction of sp³-hybridized carbons (Fsp3) is 0.650.